The molecule has 0 fully saturated rings. The molecular weight excluding hydrogens is 795 g/mol. The van der Waals surface area contributed by atoms with Gasteiger partial charge in [0, 0.05) is 0 Å². The Morgan fingerprint density at radius 1 is 0.388 bits per heavy atom. The van der Waals surface area contributed by atoms with Crippen LogP contribution in [0, 0.1) is 23.3 Å². The molecule has 0 spiro atoms. The number of hydrogen-bond acceptors (Lipinski definition) is 10. The van der Waals surface area contributed by atoms with Gasteiger partial charge in [-0.3, -0.25) is 18.2 Å². The molecule has 258 valence electrons. The second kappa shape index (κ2) is 18.5. The predicted octanol–water partition coefficient (Wildman–Crippen LogP) is 2.28. The van der Waals surface area contributed by atoms with Gasteiger partial charge in [0.2, 0.25) is 0 Å². The van der Waals surface area contributed by atoms with Crippen molar-refractivity contribution in [1.29, 1.82) is 0 Å². The Morgan fingerprint density at radius 3 is 0.653 bits per heavy atom. The summed E-state index contributed by atoms with van der Waals surface area (Å²) in [6, 6.07) is 10.4. The Labute approximate surface area is 323 Å². The molecule has 0 saturated carbocycles. The van der Waals surface area contributed by atoms with Gasteiger partial charge in [0.15, 0.2) is 0 Å². The average Bonchev–Trinajstić information content (AvgIpc) is 2.92. The van der Waals surface area contributed by atoms with Gasteiger partial charge in [-0.05, 0) is 70.8 Å². The van der Waals surface area contributed by atoms with E-state index in [1.54, 1.807) is 0 Å². The zero-order valence-corrected chi connectivity index (χ0v) is 26.4. The topological polar surface area (TPSA) is 252 Å². The van der Waals surface area contributed by atoms with E-state index < -0.39 is 94.9 Å². The third-order valence-corrected chi connectivity index (χ3v) is 8.98. The van der Waals surface area contributed by atoms with Crippen LogP contribution >= 0.6 is 0 Å². The van der Waals surface area contributed by atoms with Crippen LogP contribution in [0.4, 0.5) is 17.6 Å². The van der Waals surface area contributed by atoms with Crippen molar-refractivity contribution in [2.24, 2.45) is 0 Å². The first-order valence-corrected chi connectivity index (χ1v) is 17.8. The summed E-state index contributed by atoms with van der Waals surface area (Å²) >= 11 is -0.750. The molecule has 0 heterocycles. The van der Waals surface area contributed by atoms with Gasteiger partial charge in [0.05, 0.1) is 0 Å². The molecule has 25 heteroatoms. The molecule has 49 heavy (non-hydrogen) atoms. The zero-order valence-electron chi connectivity index (χ0n) is 22.4. The van der Waals surface area contributed by atoms with Crippen LogP contribution in [-0.2, 0) is 52.0 Å². The summed E-state index contributed by atoms with van der Waals surface area (Å²) in [5.74, 6) is -4.82. The van der Waals surface area contributed by atoms with Crippen LogP contribution in [0.15, 0.2) is 92.4 Å². The van der Waals surface area contributed by atoms with Gasteiger partial charge in [0.1, 0.15) is 42.9 Å². The van der Waals surface area contributed by atoms with E-state index in [1.807, 2.05) is 0 Å². The molecule has 14 nitrogen and oxygen atoms in total. The van der Waals surface area contributed by atoms with Gasteiger partial charge >= 0.3 is 70.7 Å². The van der Waals surface area contributed by atoms with E-state index in [2.05, 4.69) is 0 Å². The molecular formula is C24H18F4Na2O14S5. The molecule has 0 unspecified atom stereocenters. The number of hydrogen-bond donors (Lipinski definition) is 4. The fraction of sp³-hybridized carbons (Fsp3) is 0. The summed E-state index contributed by atoms with van der Waals surface area (Å²) in [6.07, 6.45) is 0. The maximum atomic E-state index is 13.4. The van der Waals surface area contributed by atoms with Gasteiger partial charge in [-0.15, -0.1) is 0 Å². The third kappa shape index (κ3) is 13.3. The number of benzene rings is 4. The Morgan fingerprint density at radius 2 is 0.531 bits per heavy atom. The predicted molar refractivity (Wildman–Crippen MR) is 166 cm³/mol. The fourth-order valence-electron chi connectivity index (χ4n) is 3.52. The second-order valence-electron chi connectivity index (χ2n) is 8.55. The summed E-state index contributed by atoms with van der Waals surface area (Å²) < 4.78 is 194. The first-order chi connectivity index (χ1) is 21.4. The van der Waals surface area contributed by atoms with Crippen LogP contribution in [0.25, 0.3) is 22.3 Å². The van der Waals surface area contributed by atoms with Gasteiger partial charge < -0.3 is 0 Å². The standard InChI is InChI=1S/2C12H8F2O6S2.2Na.O2S.2H/c2*13-9-3-1-7(5-11(9)21(15,16)17)8-2-4-10(14)12(6-8)22(18,19)20;;;1-3-2;;/h2*1-6H,(H,15,16,17)(H,18,19,20);;;;;. The minimum absolute atomic E-state index is 0. The quantitative estimate of drug-likeness (QED) is 0.124. The zero-order chi connectivity index (χ0) is 36.1. The van der Waals surface area contributed by atoms with Crippen molar-refractivity contribution in [3.05, 3.63) is 96.1 Å². The van der Waals surface area contributed by atoms with E-state index in [0.717, 1.165) is 72.8 Å². The minimum atomic E-state index is -4.83. The first kappa shape index (κ1) is 47.1. The van der Waals surface area contributed by atoms with E-state index in [9.17, 15) is 51.2 Å². The summed E-state index contributed by atoms with van der Waals surface area (Å²) in [6.45, 7) is 0. The molecule has 0 atom stereocenters. The van der Waals surface area contributed by atoms with Crippen molar-refractivity contribution in [3.8, 4) is 22.3 Å². The fourth-order valence-corrected chi connectivity index (χ4v) is 5.88. The summed E-state index contributed by atoms with van der Waals surface area (Å²) in [7, 11) is -19.3. The molecule has 0 saturated heterocycles. The second-order valence-corrected chi connectivity index (χ2v) is 14.2. The average molecular weight is 813 g/mol. The molecule has 4 aromatic carbocycles. The molecule has 4 rings (SSSR count). The molecule has 0 aliphatic rings. The van der Waals surface area contributed by atoms with Gasteiger partial charge in [-0.1, -0.05) is 24.3 Å². The van der Waals surface area contributed by atoms with Crippen molar-refractivity contribution in [2.45, 2.75) is 19.6 Å². The van der Waals surface area contributed by atoms with Crippen LogP contribution in [-0.4, -0.2) is 119 Å². The normalized spacial score (nSPS) is 11.3. The van der Waals surface area contributed by atoms with Gasteiger partial charge in [0.25, 0.3) is 40.5 Å². The van der Waals surface area contributed by atoms with E-state index in [1.165, 1.54) is 0 Å². The Kier molecular flexibility index (Phi) is 17.8. The van der Waals surface area contributed by atoms with Crippen LogP contribution in [0.5, 0.6) is 0 Å². The van der Waals surface area contributed by atoms with Gasteiger partial charge in [-0.2, -0.15) is 42.1 Å². The molecule has 0 amide bonds. The molecule has 4 aromatic rings. The summed E-state index contributed by atoms with van der Waals surface area (Å²) in [5, 5.41) is 0. The van der Waals surface area contributed by atoms with Crippen LogP contribution in [0.3, 0.4) is 0 Å². The van der Waals surface area contributed by atoms with Crippen LogP contribution in [0.2, 0.25) is 0 Å². The Balaban J connectivity index is 0.000000839. The van der Waals surface area contributed by atoms with Crippen molar-refractivity contribution >= 4 is 111 Å². The SMILES string of the molecule is O=S(=O)(O)c1cc(-c2ccc(F)c(S(=O)(=O)O)c2)ccc1F.O=S(=O)(O)c1cc(-c2ccc(F)c(S(=O)(=O)O)c2)ccc1F.O=S=O.[NaH].[NaH]. The van der Waals surface area contributed by atoms with E-state index >= 15 is 0 Å². The first-order valence-electron chi connectivity index (χ1n) is 11.4. The molecule has 0 aliphatic heterocycles. The Hall–Kier alpha value is -1.94. The van der Waals surface area contributed by atoms with Crippen molar-refractivity contribution in [2.75, 3.05) is 0 Å². The number of rotatable bonds is 6. The number of halogens is 4. The molecule has 0 aromatic heterocycles. The monoisotopic (exact) mass is 812 g/mol. The summed E-state index contributed by atoms with van der Waals surface area (Å²) in [5.41, 5.74) is -0.00398. The molecule has 0 radical (unpaired) electrons. The molecule has 4 N–H and O–H groups in total. The van der Waals surface area contributed by atoms with E-state index in [0.29, 0.717) is 0 Å². The van der Waals surface area contributed by atoms with Crippen LogP contribution < -0.4 is 0 Å². The van der Waals surface area contributed by atoms with Gasteiger partial charge in [-0.25, -0.2) is 17.6 Å². The van der Waals surface area contributed by atoms with Crippen molar-refractivity contribution < 1.29 is 77.9 Å². The van der Waals surface area contributed by atoms with Crippen LogP contribution in [0.1, 0.15) is 0 Å². The molecule has 0 aliphatic carbocycles. The van der Waals surface area contributed by atoms with E-state index in [4.69, 9.17) is 26.6 Å². The Bertz CT molecular complexity index is 2020. The van der Waals surface area contributed by atoms with Crippen molar-refractivity contribution in [1.82, 2.24) is 0 Å². The third-order valence-electron chi connectivity index (χ3n) is 5.50. The molecule has 0 bridgehead atoms. The van der Waals surface area contributed by atoms with E-state index in [-0.39, 0.29) is 81.4 Å². The maximum absolute atomic E-state index is 13.4. The summed E-state index contributed by atoms with van der Waals surface area (Å²) in [4.78, 5) is -4.05. The van der Waals surface area contributed by atoms with Crippen molar-refractivity contribution in [3.63, 3.8) is 0 Å².